The minimum atomic E-state index is -0.911. The first-order chi connectivity index (χ1) is 22.3. The summed E-state index contributed by atoms with van der Waals surface area (Å²) >= 11 is 4.55. The van der Waals surface area contributed by atoms with E-state index in [1.54, 1.807) is 36.2 Å². The van der Waals surface area contributed by atoms with Gasteiger partial charge in [-0.1, -0.05) is 67.1 Å². The van der Waals surface area contributed by atoms with Crippen LogP contribution in [-0.2, 0) is 20.8 Å². The molecule has 240 valence electrons. The standard InChI is InChI=1S/C35H39N5O5S/c1-36-31(41)29(22-24-12-4-2-5-13-24)39-21-20-38(25-14-6-3-7-15-25)23-28(35(39)45)37-32(42)30(46)18-10-11-19-40-33(43)26-16-8-9-17-27(26)34(40)44/h2-9,12-17,28-30,46H,10-11,18-23H2,1H3,(H,36,41)(H,37,42)/t28-,29-,30-/m0/s1. The molecule has 11 heteroatoms. The van der Waals surface area contributed by atoms with Gasteiger partial charge in [0.1, 0.15) is 12.1 Å². The summed E-state index contributed by atoms with van der Waals surface area (Å²) in [5.41, 5.74) is 2.65. The summed E-state index contributed by atoms with van der Waals surface area (Å²) in [6.07, 6.45) is 1.79. The van der Waals surface area contributed by atoms with Crippen molar-refractivity contribution in [1.29, 1.82) is 0 Å². The maximum atomic E-state index is 14.1. The third-order valence-corrected chi connectivity index (χ3v) is 9.01. The molecule has 3 atom stereocenters. The molecule has 46 heavy (non-hydrogen) atoms. The predicted molar refractivity (Wildman–Crippen MR) is 179 cm³/mol. The van der Waals surface area contributed by atoms with Crippen molar-refractivity contribution in [3.63, 3.8) is 0 Å². The third-order valence-electron chi connectivity index (χ3n) is 8.52. The number of fused-ring (bicyclic) bond motifs is 1. The summed E-state index contributed by atoms with van der Waals surface area (Å²) in [5.74, 6) is -1.61. The van der Waals surface area contributed by atoms with Crippen molar-refractivity contribution in [2.45, 2.75) is 43.0 Å². The number of nitrogens with one attached hydrogen (secondary N) is 2. The molecule has 2 heterocycles. The fraction of sp³-hybridized carbons (Fsp3) is 0.343. The number of carbonyl (C=O) groups excluding carboxylic acids is 5. The molecule has 3 aromatic rings. The second-order valence-electron chi connectivity index (χ2n) is 11.5. The molecule has 2 N–H and O–H groups in total. The molecule has 0 spiro atoms. The van der Waals surface area contributed by atoms with E-state index in [1.165, 1.54) is 4.90 Å². The highest BCUT2D eigenvalue weighted by Crippen LogP contribution is 2.24. The zero-order chi connectivity index (χ0) is 32.6. The van der Waals surface area contributed by atoms with Crippen LogP contribution in [0.2, 0.25) is 0 Å². The Morgan fingerprint density at radius 2 is 1.43 bits per heavy atom. The summed E-state index contributed by atoms with van der Waals surface area (Å²) in [7, 11) is 1.55. The number of amides is 5. The monoisotopic (exact) mass is 641 g/mol. The lowest BCUT2D eigenvalue weighted by Gasteiger charge is -2.31. The highest BCUT2D eigenvalue weighted by atomic mass is 32.1. The van der Waals surface area contributed by atoms with Gasteiger partial charge in [0.2, 0.25) is 17.7 Å². The highest BCUT2D eigenvalue weighted by Gasteiger charge is 2.38. The molecule has 1 fully saturated rings. The summed E-state index contributed by atoms with van der Waals surface area (Å²) in [6, 6.07) is 24.3. The van der Waals surface area contributed by atoms with Crippen LogP contribution < -0.4 is 15.5 Å². The molecule has 0 bridgehead atoms. The van der Waals surface area contributed by atoms with Gasteiger partial charge < -0.3 is 20.4 Å². The molecule has 0 aliphatic carbocycles. The van der Waals surface area contributed by atoms with Gasteiger partial charge in [0.25, 0.3) is 11.8 Å². The van der Waals surface area contributed by atoms with Crippen LogP contribution in [0.4, 0.5) is 5.69 Å². The first-order valence-corrected chi connectivity index (χ1v) is 16.1. The second kappa shape index (κ2) is 15.1. The first kappa shape index (κ1) is 32.7. The van der Waals surface area contributed by atoms with E-state index in [1.807, 2.05) is 65.6 Å². The smallest absolute Gasteiger partial charge is 0.261 e. The van der Waals surface area contributed by atoms with Gasteiger partial charge in [0.05, 0.1) is 16.4 Å². The van der Waals surface area contributed by atoms with Gasteiger partial charge in [-0.25, -0.2) is 0 Å². The van der Waals surface area contributed by atoms with Gasteiger partial charge in [-0.05, 0) is 42.7 Å². The van der Waals surface area contributed by atoms with E-state index in [0.29, 0.717) is 49.9 Å². The molecular formula is C35H39N5O5S. The van der Waals surface area contributed by atoms with Crippen LogP contribution in [-0.4, -0.2) is 89.9 Å². The largest absolute Gasteiger partial charge is 0.367 e. The lowest BCUT2D eigenvalue weighted by atomic mass is 10.0. The average molecular weight is 642 g/mol. The van der Waals surface area contributed by atoms with Gasteiger partial charge in [-0.15, -0.1) is 0 Å². The molecule has 2 aliphatic rings. The summed E-state index contributed by atoms with van der Waals surface area (Å²) < 4.78 is 0. The number of imide groups is 1. The van der Waals surface area contributed by atoms with E-state index < -0.39 is 23.2 Å². The van der Waals surface area contributed by atoms with Gasteiger partial charge in [0.15, 0.2) is 0 Å². The van der Waals surface area contributed by atoms with Gasteiger partial charge in [0, 0.05) is 45.3 Å². The Morgan fingerprint density at radius 1 is 0.826 bits per heavy atom. The second-order valence-corrected chi connectivity index (χ2v) is 12.1. The Hall–Kier alpha value is -4.64. The molecule has 10 nitrogen and oxygen atoms in total. The number of unbranched alkanes of at least 4 members (excludes halogenated alkanes) is 1. The van der Waals surface area contributed by atoms with Crippen LogP contribution >= 0.6 is 12.6 Å². The molecular weight excluding hydrogens is 602 g/mol. The Kier molecular flexibility index (Phi) is 10.7. The van der Waals surface area contributed by atoms with Crippen molar-refractivity contribution in [3.05, 3.63) is 102 Å². The van der Waals surface area contributed by atoms with Crippen molar-refractivity contribution in [3.8, 4) is 0 Å². The Balaban J connectivity index is 1.24. The Morgan fingerprint density at radius 3 is 2.07 bits per heavy atom. The fourth-order valence-corrected chi connectivity index (χ4v) is 6.27. The van der Waals surface area contributed by atoms with E-state index in [4.69, 9.17) is 0 Å². The Labute approximate surface area is 274 Å². The van der Waals surface area contributed by atoms with E-state index in [0.717, 1.165) is 11.3 Å². The summed E-state index contributed by atoms with van der Waals surface area (Å²) in [4.78, 5) is 70.8. The van der Waals surface area contributed by atoms with Crippen molar-refractivity contribution < 1.29 is 24.0 Å². The number of hydrogen-bond acceptors (Lipinski definition) is 7. The zero-order valence-electron chi connectivity index (χ0n) is 25.8. The maximum absolute atomic E-state index is 14.1. The number of para-hydroxylation sites is 1. The molecule has 5 rings (SSSR count). The van der Waals surface area contributed by atoms with E-state index in [9.17, 15) is 24.0 Å². The van der Waals surface area contributed by atoms with Gasteiger partial charge in [-0.3, -0.25) is 28.9 Å². The van der Waals surface area contributed by atoms with Gasteiger partial charge in [-0.2, -0.15) is 12.6 Å². The van der Waals surface area contributed by atoms with Crippen molar-refractivity contribution in [1.82, 2.24) is 20.4 Å². The molecule has 0 radical (unpaired) electrons. The fourth-order valence-electron chi connectivity index (χ4n) is 6.02. The number of rotatable bonds is 12. The lowest BCUT2D eigenvalue weighted by molar-refractivity contribution is -0.142. The summed E-state index contributed by atoms with van der Waals surface area (Å²) in [5, 5.41) is 4.92. The minimum Gasteiger partial charge on any atom is -0.367 e. The van der Waals surface area contributed by atoms with Crippen LogP contribution in [0.3, 0.4) is 0 Å². The van der Waals surface area contributed by atoms with Crippen LogP contribution in [0.5, 0.6) is 0 Å². The van der Waals surface area contributed by atoms with Crippen molar-refractivity contribution in [2.24, 2.45) is 0 Å². The zero-order valence-corrected chi connectivity index (χ0v) is 26.7. The number of thiol groups is 1. The molecule has 0 aromatic heterocycles. The lowest BCUT2D eigenvalue weighted by Crippen LogP contribution is -2.57. The predicted octanol–water partition coefficient (Wildman–Crippen LogP) is 2.94. The first-order valence-electron chi connectivity index (χ1n) is 15.6. The number of likely N-dealkylation sites (N-methyl/N-ethyl adjacent to an activating group) is 1. The van der Waals surface area contributed by atoms with E-state index >= 15 is 0 Å². The number of benzene rings is 3. The number of nitrogens with zero attached hydrogens (tertiary/aromatic N) is 3. The average Bonchev–Trinajstić information content (AvgIpc) is 3.21. The maximum Gasteiger partial charge on any atom is 0.261 e. The molecule has 3 aromatic carbocycles. The molecule has 0 saturated carbocycles. The SMILES string of the molecule is CNC(=O)[C@H](Cc1ccccc1)N1CCN(c2ccccc2)C[C@H](NC(=O)[C@@H](S)CCCCN2C(=O)c3ccccc3C2=O)C1=O. The number of anilines is 1. The van der Waals surface area contributed by atoms with Crippen LogP contribution in [0, 0.1) is 0 Å². The quantitative estimate of drug-likeness (QED) is 0.159. The highest BCUT2D eigenvalue weighted by molar-refractivity contribution is 7.81. The summed E-state index contributed by atoms with van der Waals surface area (Å²) in [6.45, 7) is 1.26. The normalized spacial score (nSPS) is 17.7. The van der Waals surface area contributed by atoms with E-state index in [2.05, 4.69) is 23.3 Å². The van der Waals surface area contributed by atoms with Gasteiger partial charge >= 0.3 is 0 Å². The molecule has 0 unspecified atom stereocenters. The molecule has 1 saturated heterocycles. The van der Waals surface area contributed by atoms with Crippen molar-refractivity contribution in [2.75, 3.05) is 38.1 Å². The Bertz CT molecular complexity index is 1530. The van der Waals surface area contributed by atoms with Crippen molar-refractivity contribution >= 4 is 47.9 Å². The van der Waals surface area contributed by atoms with Crippen LogP contribution in [0.1, 0.15) is 45.5 Å². The topological polar surface area (TPSA) is 119 Å². The molecule has 2 aliphatic heterocycles. The number of carbonyl (C=O) groups is 5. The van der Waals surface area contributed by atoms with Crippen LogP contribution in [0.15, 0.2) is 84.9 Å². The minimum absolute atomic E-state index is 0.233. The van der Waals surface area contributed by atoms with Crippen LogP contribution in [0.25, 0.3) is 0 Å². The molecule has 5 amide bonds. The number of hydrogen-bond donors (Lipinski definition) is 3. The third kappa shape index (κ3) is 7.42. The van der Waals surface area contributed by atoms with E-state index in [-0.39, 0.29) is 36.7 Å².